The van der Waals surface area contributed by atoms with Gasteiger partial charge >= 0.3 is 6.09 Å². The van der Waals surface area contributed by atoms with Gasteiger partial charge in [-0.25, -0.2) is 4.79 Å². The molecule has 0 saturated carbocycles. The third-order valence-electron chi connectivity index (χ3n) is 4.31. The summed E-state index contributed by atoms with van der Waals surface area (Å²) in [5.74, 6) is 0. The number of likely N-dealkylation sites (tertiary alicyclic amines) is 1. The summed E-state index contributed by atoms with van der Waals surface area (Å²) in [6, 6.07) is 10.4. The zero-order valence-electron chi connectivity index (χ0n) is 11.2. The molecule has 0 aliphatic carbocycles. The normalized spacial score (nSPS) is 18.3. The Morgan fingerprint density at radius 3 is 2.42 bits per heavy atom. The summed E-state index contributed by atoms with van der Waals surface area (Å²) in [4.78, 5) is 12.4. The lowest BCUT2D eigenvalue weighted by atomic mass is 9.74. The van der Waals surface area contributed by atoms with E-state index >= 15 is 0 Å². The van der Waals surface area contributed by atoms with Crippen LogP contribution >= 0.6 is 0 Å². The van der Waals surface area contributed by atoms with Gasteiger partial charge in [0.1, 0.15) is 0 Å². The van der Waals surface area contributed by atoms with E-state index in [1.807, 2.05) is 6.07 Å². The molecule has 0 bridgehead atoms. The Morgan fingerprint density at radius 1 is 1.26 bits per heavy atom. The summed E-state index contributed by atoms with van der Waals surface area (Å²) in [7, 11) is 0. The second kappa shape index (κ2) is 6.06. The fourth-order valence-electron chi connectivity index (χ4n) is 2.78. The molecule has 0 unspecified atom stereocenters. The maximum absolute atomic E-state index is 10.9. The SMILES string of the molecule is NCC1(CCc2ccccc2)CCN(C(=O)O)CC1. The van der Waals surface area contributed by atoms with Crippen molar-refractivity contribution in [2.45, 2.75) is 25.7 Å². The van der Waals surface area contributed by atoms with Crippen molar-refractivity contribution in [3.63, 3.8) is 0 Å². The average Bonchev–Trinajstić information content (AvgIpc) is 2.46. The number of carbonyl (C=O) groups is 1. The van der Waals surface area contributed by atoms with E-state index in [1.54, 1.807) is 0 Å². The highest BCUT2D eigenvalue weighted by atomic mass is 16.4. The second-order valence-electron chi connectivity index (χ2n) is 5.46. The molecule has 1 saturated heterocycles. The van der Waals surface area contributed by atoms with Gasteiger partial charge in [0.25, 0.3) is 0 Å². The Hall–Kier alpha value is -1.55. The van der Waals surface area contributed by atoms with E-state index in [0.29, 0.717) is 19.6 Å². The topological polar surface area (TPSA) is 66.6 Å². The first-order valence-corrected chi connectivity index (χ1v) is 6.87. The van der Waals surface area contributed by atoms with E-state index in [-0.39, 0.29) is 5.41 Å². The van der Waals surface area contributed by atoms with Crippen molar-refractivity contribution in [3.8, 4) is 0 Å². The summed E-state index contributed by atoms with van der Waals surface area (Å²) >= 11 is 0. The molecule has 19 heavy (non-hydrogen) atoms. The highest BCUT2D eigenvalue weighted by Crippen LogP contribution is 2.35. The van der Waals surface area contributed by atoms with Crippen LogP contribution in [0.15, 0.2) is 30.3 Å². The van der Waals surface area contributed by atoms with Gasteiger partial charge in [-0.3, -0.25) is 0 Å². The first-order valence-electron chi connectivity index (χ1n) is 6.87. The van der Waals surface area contributed by atoms with E-state index in [4.69, 9.17) is 10.8 Å². The fourth-order valence-corrected chi connectivity index (χ4v) is 2.78. The molecule has 0 radical (unpaired) electrons. The van der Waals surface area contributed by atoms with Crippen molar-refractivity contribution in [1.82, 2.24) is 4.90 Å². The monoisotopic (exact) mass is 262 g/mol. The third-order valence-corrected chi connectivity index (χ3v) is 4.31. The highest BCUT2D eigenvalue weighted by Gasteiger charge is 2.34. The Balaban J connectivity index is 1.91. The first-order chi connectivity index (χ1) is 9.15. The van der Waals surface area contributed by atoms with Crippen LogP contribution in [-0.2, 0) is 6.42 Å². The van der Waals surface area contributed by atoms with Gasteiger partial charge in [0.2, 0.25) is 0 Å². The molecule has 1 aromatic carbocycles. The lowest BCUT2D eigenvalue weighted by molar-refractivity contribution is 0.0882. The number of hydrogen-bond donors (Lipinski definition) is 2. The van der Waals surface area contributed by atoms with Crippen LogP contribution in [0.2, 0.25) is 0 Å². The molecule has 1 aliphatic rings. The van der Waals surface area contributed by atoms with Crippen LogP contribution in [0.1, 0.15) is 24.8 Å². The number of amides is 1. The minimum absolute atomic E-state index is 0.113. The van der Waals surface area contributed by atoms with Crippen molar-refractivity contribution in [1.29, 1.82) is 0 Å². The van der Waals surface area contributed by atoms with Gasteiger partial charge in [0, 0.05) is 13.1 Å². The van der Waals surface area contributed by atoms with Crippen LogP contribution in [0.5, 0.6) is 0 Å². The van der Waals surface area contributed by atoms with Gasteiger partial charge in [-0.1, -0.05) is 30.3 Å². The molecule has 1 aromatic rings. The molecule has 104 valence electrons. The molecule has 4 heteroatoms. The van der Waals surface area contributed by atoms with Crippen molar-refractivity contribution in [2.24, 2.45) is 11.1 Å². The van der Waals surface area contributed by atoms with Crippen molar-refractivity contribution < 1.29 is 9.90 Å². The predicted octanol–water partition coefficient (Wildman–Crippen LogP) is 2.34. The summed E-state index contributed by atoms with van der Waals surface area (Å²) in [6.45, 7) is 1.87. The Labute approximate surface area is 114 Å². The smallest absolute Gasteiger partial charge is 0.407 e. The van der Waals surface area contributed by atoms with Crippen molar-refractivity contribution >= 4 is 6.09 Å². The number of nitrogens with two attached hydrogens (primary N) is 1. The second-order valence-corrected chi connectivity index (χ2v) is 5.46. The van der Waals surface area contributed by atoms with Crippen LogP contribution < -0.4 is 5.73 Å². The number of aryl methyl sites for hydroxylation is 1. The average molecular weight is 262 g/mol. The van der Waals surface area contributed by atoms with Crippen molar-refractivity contribution in [3.05, 3.63) is 35.9 Å². The molecule has 1 aliphatic heterocycles. The lowest BCUT2D eigenvalue weighted by Gasteiger charge is -2.40. The Kier molecular flexibility index (Phi) is 4.43. The number of hydrogen-bond acceptors (Lipinski definition) is 2. The predicted molar refractivity (Wildman–Crippen MR) is 75.1 cm³/mol. The van der Waals surface area contributed by atoms with E-state index in [1.165, 1.54) is 10.5 Å². The minimum atomic E-state index is -0.811. The van der Waals surface area contributed by atoms with Gasteiger partial charge in [0.05, 0.1) is 0 Å². The molecule has 1 amide bonds. The highest BCUT2D eigenvalue weighted by molar-refractivity contribution is 5.65. The summed E-state index contributed by atoms with van der Waals surface area (Å²) < 4.78 is 0. The number of nitrogens with zero attached hydrogens (tertiary/aromatic N) is 1. The first kappa shape index (κ1) is 13.9. The lowest BCUT2D eigenvalue weighted by Crippen LogP contribution is -2.45. The molecule has 4 nitrogen and oxygen atoms in total. The van der Waals surface area contributed by atoms with Crippen molar-refractivity contribution in [2.75, 3.05) is 19.6 Å². The van der Waals surface area contributed by atoms with Crippen LogP contribution in [0.4, 0.5) is 4.79 Å². The maximum Gasteiger partial charge on any atom is 0.407 e. The van der Waals surface area contributed by atoms with Gasteiger partial charge < -0.3 is 15.7 Å². The molecule has 0 aromatic heterocycles. The largest absolute Gasteiger partial charge is 0.465 e. The Bertz CT molecular complexity index is 411. The van der Waals surface area contributed by atoms with E-state index in [2.05, 4.69) is 24.3 Å². The molecule has 0 spiro atoms. The maximum atomic E-state index is 10.9. The van der Waals surface area contributed by atoms with Crippen LogP contribution in [-0.4, -0.2) is 35.7 Å². The van der Waals surface area contributed by atoms with Crippen LogP contribution in [0, 0.1) is 5.41 Å². The van der Waals surface area contributed by atoms with Gasteiger partial charge in [-0.2, -0.15) is 0 Å². The van der Waals surface area contributed by atoms with Crippen LogP contribution in [0.3, 0.4) is 0 Å². The van der Waals surface area contributed by atoms with E-state index in [9.17, 15) is 4.79 Å². The molecule has 0 atom stereocenters. The van der Waals surface area contributed by atoms with Gasteiger partial charge in [0.15, 0.2) is 0 Å². The molecule has 1 fully saturated rings. The zero-order chi connectivity index (χ0) is 13.7. The number of carboxylic acid groups (broad SMARTS) is 1. The number of rotatable bonds is 4. The van der Waals surface area contributed by atoms with E-state index in [0.717, 1.165) is 25.7 Å². The molecular formula is C15H22N2O2. The zero-order valence-corrected chi connectivity index (χ0v) is 11.2. The number of benzene rings is 1. The molecule has 1 heterocycles. The molecule has 3 N–H and O–H groups in total. The standard InChI is InChI=1S/C15H22N2O2/c16-12-15(7-6-13-4-2-1-3-5-13)8-10-17(11-9-15)14(18)19/h1-5H,6-12,16H2,(H,18,19). The third kappa shape index (κ3) is 3.47. The van der Waals surface area contributed by atoms with Gasteiger partial charge in [-0.15, -0.1) is 0 Å². The number of piperidine rings is 1. The van der Waals surface area contributed by atoms with Gasteiger partial charge in [-0.05, 0) is 43.2 Å². The minimum Gasteiger partial charge on any atom is -0.465 e. The summed E-state index contributed by atoms with van der Waals surface area (Å²) in [6.07, 6.45) is 3.01. The molecular weight excluding hydrogens is 240 g/mol. The fraction of sp³-hybridized carbons (Fsp3) is 0.533. The summed E-state index contributed by atoms with van der Waals surface area (Å²) in [5.41, 5.74) is 7.40. The Morgan fingerprint density at radius 2 is 1.89 bits per heavy atom. The van der Waals surface area contributed by atoms with Crippen LogP contribution in [0.25, 0.3) is 0 Å². The summed E-state index contributed by atoms with van der Waals surface area (Å²) in [5, 5.41) is 8.98. The molecule has 2 rings (SSSR count). The van der Waals surface area contributed by atoms with E-state index < -0.39 is 6.09 Å². The quantitative estimate of drug-likeness (QED) is 0.875.